The Hall–Kier alpha value is -2.62. The monoisotopic (exact) mass is 300 g/mol. The number of carbonyl (C=O) groups is 1. The molecule has 22 heavy (non-hydrogen) atoms. The van der Waals surface area contributed by atoms with Gasteiger partial charge in [-0.15, -0.1) is 0 Å². The molecule has 2 aromatic carbocycles. The summed E-state index contributed by atoms with van der Waals surface area (Å²) in [5.41, 5.74) is 1.77. The highest BCUT2D eigenvalue weighted by molar-refractivity contribution is 5.87. The van der Waals surface area contributed by atoms with Gasteiger partial charge in [-0.25, -0.2) is 9.18 Å². The van der Waals surface area contributed by atoms with Crippen molar-refractivity contribution < 1.29 is 18.7 Å². The fourth-order valence-corrected chi connectivity index (χ4v) is 1.78. The van der Waals surface area contributed by atoms with Crippen molar-refractivity contribution in [1.82, 2.24) is 0 Å². The van der Waals surface area contributed by atoms with Crippen LogP contribution in [-0.2, 0) is 16.1 Å². The second kappa shape index (κ2) is 7.98. The lowest BCUT2D eigenvalue weighted by Crippen LogP contribution is -1.98. The molecular weight excluding hydrogens is 283 g/mol. The van der Waals surface area contributed by atoms with Gasteiger partial charge in [0.15, 0.2) is 0 Å². The number of halogens is 1. The van der Waals surface area contributed by atoms with Crippen molar-refractivity contribution in [2.75, 3.05) is 6.61 Å². The zero-order chi connectivity index (χ0) is 15.8. The van der Waals surface area contributed by atoms with Crippen molar-refractivity contribution in [2.24, 2.45) is 0 Å². The molecule has 0 aliphatic carbocycles. The van der Waals surface area contributed by atoms with Gasteiger partial charge in [0.05, 0.1) is 6.61 Å². The Labute approximate surface area is 129 Å². The molecule has 0 radical (unpaired) electrons. The van der Waals surface area contributed by atoms with Crippen LogP contribution in [-0.4, -0.2) is 12.6 Å². The van der Waals surface area contributed by atoms with Crippen LogP contribution >= 0.6 is 0 Å². The lowest BCUT2D eigenvalue weighted by molar-refractivity contribution is -0.137. The Kier molecular flexibility index (Phi) is 5.72. The summed E-state index contributed by atoms with van der Waals surface area (Å²) in [6, 6.07) is 13.5. The average molecular weight is 300 g/mol. The molecule has 0 bridgehead atoms. The normalized spacial score (nSPS) is 10.6. The van der Waals surface area contributed by atoms with Crippen LogP contribution in [0.1, 0.15) is 18.1 Å². The van der Waals surface area contributed by atoms with Crippen LogP contribution in [0.2, 0.25) is 0 Å². The van der Waals surface area contributed by atoms with Crippen LogP contribution in [0.25, 0.3) is 6.08 Å². The fourth-order valence-electron chi connectivity index (χ4n) is 1.78. The quantitative estimate of drug-likeness (QED) is 0.598. The van der Waals surface area contributed by atoms with Gasteiger partial charge in [-0.3, -0.25) is 0 Å². The van der Waals surface area contributed by atoms with E-state index in [0.29, 0.717) is 19.0 Å². The van der Waals surface area contributed by atoms with Crippen molar-refractivity contribution in [1.29, 1.82) is 0 Å². The first-order valence-corrected chi connectivity index (χ1v) is 6.99. The van der Waals surface area contributed by atoms with E-state index >= 15 is 0 Å². The zero-order valence-electron chi connectivity index (χ0n) is 12.3. The second-order valence-corrected chi connectivity index (χ2v) is 4.57. The van der Waals surface area contributed by atoms with Gasteiger partial charge >= 0.3 is 5.97 Å². The lowest BCUT2D eigenvalue weighted by Gasteiger charge is -2.06. The minimum atomic E-state index is -0.362. The largest absolute Gasteiger partial charge is 0.489 e. The van der Waals surface area contributed by atoms with E-state index in [1.165, 1.54) is 18.2 Å². The minimum Gasteiger partial charge on any atom is -0.489 e. The van der Waals surface area contributed by atoms with Gasteiger partial charge in [-0.2, -0.15) is 0 Å². The Morgan fingerprint density at radius 3 is 2.41 bits per heavy atom. The predicted molar refractivity (Wildman–Crippen MR) is 82.8 cm³/mol. The van der Waals surface area contributed by atoms with Crippen LogP contribution in [0.5, 0.6) is 5.75 Å². The van der Waals surface area contributed by atoms with E-state index in [9.17, 15) is 9.18 Å². The molecule has 0 saturated carbocycles. The molecule has 0 N–H and O–H groups in total. The Bertz CT molecular complexity index is 630. The maximum absolute atomic E-state index is 12.8. The third-order valence-corrected chi connectivity index (χ3v) is 2.90. The molecule has 4 heteroatoms. The molecule has 0 atom stereocenters. The van der Waals surface area contributed by atoms with E-state index in [4.69, 9.17) is 9.47 Å². The number of carbonyl (C=O) groups excluding carboxylic acids is 1. The summed E-state index contributed by atoms with van der Waals surface area (Å²) < 4.78 is 23.2. The standard InChI is InChI=1S/C18H17FO3/c1-2-21-18(20)12-7-14-5-10-17(11-6-14)22-13-15-3-8-16(19)9-4-15/h3-12H,2,13H2,1H3/b12-7+. The van der Waals surface area contributed by atoms with Crippen molar-refractivity contribution in [2.45, 2.75) is 13.5 Å². The van der Waals surface area contributed by atoms with Gasteiger partial charge in [0, 0.05) is 6.08 Å². The van der Waals surface area contributed by atoms with Crippen LogP contribution in [0, 0.1) is 5.82 Å². The Balaban J connectivity index is 1.89. The van der Waals surface area contributed by atoms with E-state index in [0.717, 1.165) is 11.1 Å². The van der Waals surface area contributed by atoms with Gasteiger partial charge in [-0.1, -0.05) is 24.3 Å². The maximum atomic E-state index is 12.8. The molecule has 3 nitrogen and oxygen atoms in total. The third-order valence-electron chi connectivity index (χ3n) is 2.90. The number of hydrogen-bond donors (Lipinski definition) is 0. The molecule has 0 aliphatic heterocycles. The average Bonchev–Trinajstić information content (AvgIpc) is 2.54. The van der Waals surface area contributed by atoms with Crippen LogP contribution in [0.4, 0.5) is 4.39 Å². The molecule has 0 heterocycles. The topological polar surface area (TPSA) is 35.5 Å². The molecule has 0 spiro atoms. The summed E-state index contributed by atoms with van der Waals surface area (Å²) in [5.74, 6) is 0.0817. The van der Waals surface area contributed by atoms with E-state index in [1.54, 1.807) is 25.1 Å². The second-order valence-electron chi connectivity index (χ2n) is 4.57. The van der Waals surface area contributed by atoms with Crippen LogP contribution < -0.4 is 4.74 Å². The summed E-state index contributed by atoms with van der Waals surface area (Å²) in [4.78, 5) is 11.2. The first-order valence-electron chi connectivity index (χ1n) is 6.99. The first kappa shape index (κ1) is 15.8. The van der Waals surface area contributed by atoms with Gasteiger partial charge < -0.3 is 9.47 Å². The summed E-state index contributed by atoms with van der Waals surface area (Å²) in [7, 11) is 0. The zero-order valence-corrected chi connectivity index (χ0v) is 12.3. The van der Waals surface area contributed by atoms with Crippen LogP contribution in [0.3, 0.4) is 0 Å². The smallest absolute Gasteiger partial charge is 0.330 e. The molecule has 0 saturated heterocycles. The van der Waals surface area contributed by atoms with Gasteiger partial charge in [0.1, 0.15) is 18.2 Å². The van der Waals surface area contributed by atoms with E-state index in [1.807, 2.05) is 24.3 Å². The molecule has 2 aromatic rings. The molecule has 2 rings (SSSR count). The first-order chi connectivity index (χ1) is 10.7. The summed E-state index contributed by atoms with van der Waals surface area (Å²) in [6.07, 6.45) is 3.07. The molecule has 0 fully saturated rings. The van der Waals surface area contributed by atoms with Gasteiger partial charge in [0.25, 0.3) is 0 Å². The maximum Gasteiger partial charge on any atom is 0.330 e. The SMILES string of the molecule is CCOC(=O)/C=C/c1ccc(OCc2ccc(F)cc2)cc1. The van der Waals surface area contributed by atoms with Crippen molar-refractivity contribution in [3.63, 3.8) is 0 Å². The molecule has 114 valence electrons. The highest BCUT2D eigenvalue weighted by Crippen LogP contribution is 2.15. The molecule has 0 aliphatic rings. The van der Waals surface area contributed by atoms with Crippen LogP contribution in [0.15, 0.2) is 54.6 Å². The van der Waals surface area contributed by atoms with Crippen molar-refractivity contribution in [3.8, 4) is 5.75 Å². The summed E-state index contributed by atoms with van der Waals surface area (Å²) in [5, 5.41) is 0. The Morgan fingerprint density at radius 1 is 1.09 bits per heavy atom. The van der Waals surface area contributed by atoms with Crippen molar-refractivity contribution in [3.05, 3.63) is 71.6 Å². The number of ether oxygens (including phenoxy) is 2. The van der Waals surface area contributed by atoms with E-state index in [-0.39, 0.29) is 11.8 Å². The summed E-state index contributed by atoms with van der Waals surface area (Å²) >= 11 is 0. The van der Waals surface area contributed by atoms with E-state index < -0.39 is 0 Å². The lowest BCUT2D eigenvalue weighted by atomic mass is 10.2. The number of esters is 1. The van der Waals surface area contributed by atoms with Gasteiger partial charge in [-0.05, 0) is 48.4 Å². The number of rotatable bonds is 6. The minimum absolute atomic E-state index is 0.263. The highest BCUT2D eigenvalue weighted by Gasteiger charge is 1.98. The number of hydrogen-bond acceptors (Lipinski definition) is 3. The van der Waals surface area contributed by atoms with Gasteiger partial charge in [0.2, 0.25) is 0 Å². The number of benzene rings is 2. The molecular formula is C18H17FO3. The fraction of sp³-hybridized carbons (Fsp3) is 0.167. The Morgan fingerprint density at radius 2 is 1.77 bits per heavy atom. The molecule has 0 aromatic heterocycles. The molecule has 0 amide bonds. The van der Waals surface area contributed by atoms with Crippen molar-refractivity contribution >= 4 is 12.0 Å². The van der Waals surface area contributed by atoms with E-state index in [2.05, 4.69) is 0 Å². The summed E-state index contributed by atoms with van der Waals surface area (Å²) in [6.45, 7) is 2.50. The predicted octanol–water partition coefficient (Wildman–Crippen LogP) is 3.98. The third kappa shape index (κ3) is 5.05. The highest BCUT2D eigenvalue weighted by atomic mass is 19.1. The molecule has 0 unspecified atom stereocenters.